The van der Waals surface area contributed by atoms with Crippen LogP contribution in [-0.4, -0.2) is 25.2 Å². The second kappa shape index (κ2) is 6.87. The van der Waals surface area contributed by atoms with Crippen molar-refractivity contribution in [2.24, 2.45) is 7.05 Å². The topological polar surface area (TPSA) is 84.7 Å². The maximum atomic E-state index is 12.6. The van der Waals surface area contributed by atoms with E-state index in [2.05, 4.69) is 15.4 Å². The Labute approximate surface area is 155 Å². The van der Waals surface area contributed by atoms with E-state index in [1.54, 1.807) is 29.1 Å². The third-order valence-electron chi connectivity index (χ3n) is 4.65. The molecule has 2 N–H and O–H groups in total. The van der Waals surface area contributed by atoms with Gasteiger partial charge < -0.3 is 10.3 Å². The van der Waals surface area contributed by atoms with Gasteiger partial charge in [-0.25, -0.2) is 0 Å². The van der Waals surface area contributed by atoms with E-state index in [9.17, 15) is 9.59 Å². The highest BCUT2D eigenvalue weighted by molar-refractivity contribution is 7.71. The Morgan fingerprint density at radius 1 is 1.42 bits per heavy atom. The molecule has 3 rings (SSSR count). The first-order valence-corrected chi connectivity index (χ1v) is 8.80. The highest BCUT2D eigenvalue weighted by Crippen LogP contribution is 2.17. The SMILES string of the molecule is CCn1c(=S)[nH]c2cc(C(=O)N[C@H](C)c3cnn(C)c3C)ccc2c1=O. The minimum atomic E-state index is -0.221. The van der Waals surface area contributed by atoms with Gasteiger partial charge in [0.2, 0.25) is 0 Å². The normalized spacial score (nSPS) is 12.3. The average molecular weight is 371 g/mol. The first kappa shape index (κ1) is 18.1. The number of hydrogen-bond donors (Lipinski definition) is 2. The lowest BCUT2D eigenvalue weighted by molar-refractivity contribution is 0.0940. The number of nitrogens with one attached hydrogen (secondary N) is 2. The molecular formula is C18H21N5O2S. The predicted molar refractivity (Wildman–Crippen MR) is 103 cm³/mol. The molecule has 0 bridgehead atoms. The van der Waals surface area contributed by atoms with Crippen LogP contribution >= 0.6 is 12.2 Å². The van der Waals surface area contributed by atoms with Crippen LogP contribution in [0.3, 0.4) is 0 Å². The third-order valence-corrected chi connectivity index (χ3v) is 4.97. The molecule has 0 radical (unpaired) electrons. The summed E-state index contributed by atoms with van der Waals surface area (Å²) in [5, 5.41) is 7.68. The van der Waals surface area contributed by atoms with Gasteiger partial charge in [-0.1, -0.05) is 0 Å². The molecule has 0 aliphatic rings. The molecule has 0 aliphatic heterocycles. The number of H-pyrrole nitrogens is 1. The molecule has 7 nitrogen and oxygen atoms in total. The van der Waals surface area contributed by atoms with Crippen LogP contribution in [0.5, 0.6) is 0 Å². The van der Waals surface area contributed by atoms with Crippen molar-refractivity contribution in [3.05, 3.63) is 56.3 Å². The average Bonchev–Trinajstić information content (AvgIpc) is 2.94. The van der Waals surface area contributed by atoms with E-state index in [-0.39, 0.29) is 17.5 Å². The molecule has 136 valence electrons. The predicted octanol–water partition coefficient (Wildman–Crippen LogP) is 2.61. The minimum absolute atomic E-state index is 0.155. The molecule has 8 heteroatoms. The number of amides is 1. The van der Waals surface area contributed by atoms with E-state index in [4.69, 9.17) is 12.2 Å². The van der Waals surface area contributed by atoms with E-state index in [0.29, 0.717) is 27.8 Å². The van der Waals surface area contributed by atoms with Gasteiger partial charge in [0.25, 0.3) is 11.5 Å². The van der Waals surface area contributed by atoms with E-state index < -0.39 is 0 Å². The van der Waals surface area contributed by atoms with E-state index in [1.807, 2.05) is 27.8 Å². The molecule has 0 fully saturated rings. The van der Waals surface area contributed by atoms with Gasteiger partial charge in [0.15, 0.2) is 4.77 Å². The lowest BCUT2D eigenvalue weighted by atomic mass is 10.1. The zero-order chi connectivity index (χ0) is 19.0. The summed E-state index contributed by atoms with van der Waals surface area (Å²) in [7, 11) is 1.86. The molecule has 1 aromatic carbocycles. The Morgan fingerprint density at radius 3 is 2.77 bits per heavy atom. The van der Waals surface area contributed by atoms with Gasteiger partial charge in [-0.3, -0.25) is 18.8 Å². The summed E-state index contributed by atoms with van der Waals surface area (Å²) in [4.78, 5) is 28.1. The van der Waals surface area contributed by atoms with Crippen molar-refractivity contribution in [2.75, 3.05) is 0 Å². The van der Waals surface area contributed by atoms with Gasteiger partial charge in [0.1, 0.15) is 0 Å². The fourth-order valence-corrected chi connectivity index (χ4v) is 3.30. The molecule has 2 heterocycles. The van der Waals surface area contributed by atoms with Crippen molar-refractivity contribution in [3.63, 3.8) is 0 Å². The third kappa shape index (κ3) is 3.08. The number of benzene rings is 1. The summed E-state index contributed by atoms with van der Waals surface area (Å²) in [6, 6.07) is 4.78. The summed E-state index contributed by atoms with van der Waals surface area (Å²) >= 11 is 5.22. The summed E-state index contributed by atoms with van der Waals surface area (Å²) < 4.78 is 3.61. The smallest absolute Gasteiger partial charge is 0.262 e. The van der Waals surface area contributed by atoms with Gasteiger partial charge in [0.05, 0.1) is 23.1 Å². The van der Waals surface area contributed by atoms with Crippen molar-refractivity contribution in [1.82, 2.24) is 24.6 Å². The number of carbonyl (C=O) groups is 1. The molecule has 0 saturated carbocycles. The maximum absolute atomic E-state index is 12.6. The monoisotopic (exact) mass is 371 g/mol. The van der Waals surface area contributed by atoms with Gasteiger partial charge >= 0.3 is 0 Å². The highest BCUT2D eigenvalue weighted by Gasteiger charge is 2.16. The number of aromatic nitrogens is 4. The Hall–Kier alpha value is -2.74. The Morgan fingerprint density at radius 2 is 2.15 bits per heavy atom. The molecule has 0 aliphatic carbocycles. The molecule has 1 amide bonds. The number of nitrogens with zero attached hydrogens (tertiary/aromatic N) is 3. The van der Waals surface area contributed by atoms with Gasteiger partial charge in [0, 0.05) is 30.4 Å². The lowest BCUT2D eigenvalue weighted by Gasteiger charge is -2.14. The first-order chi connectivity index (χ1) is 12.3. The van der Waals surface area contributed by atoms with Crippen LogP contribution in [0.4, 0.5) is 0 Å². The number of aromatic amines is 1. The second-order valence-corrected chi connectivity index (χ2v) is 6.63. The molecule has 1 atom stereocenters. The van der Waals surface area contributed by atoms with Crippen LogP contribution in [0.2, 0.25) is 0 Å². The molecule has 0 unspecified atom stereocenters. The largest absolute Gasteiger partial charge is 0.345 e. The zero-order valence-electron chi connectivity index (χ0n) is 15.2. The van der Waals surface area contributed by atoms with Crippen LogP contribution in [0.25, 0.3) is 10.9 Å². The van der Waals surface area contributed by atoms with Crippen LogP contribution in [0.1, 0.15) is 41.5 Å². The second-order valence-electron chi connectivity index (χ2n) is 6.24. The summed E-state index contributed by atoms with van der Waals surface area (Å²) in [5.74, 6) is -0.221. The molecule has 3 aromatic rings. The molecule has 0 saturated heterocycles. The lowest BCUT2D eigenvalue weighted by Crippen LogP contribution is -2.27. The molecule has 2 aromatic heterocycles. The Bertz CT molecular complexity index is 1110. The molecule has 26 heavy (non-hydrogen) atoms. The highest BCUT2D eigenvalue weighted by atomic mass is 32.1. The van der Waals surface area contributed by atoms with Gasteiger partial charge in [-0.2, -0.15) is 5.10 Å². The number of aryl methyl sites for hydroxylation is 1. The Balaban J connectivity index is 1.93. The van der Waals surface area contributed by atoms with Crippen LogP contribution in [0, 0.1) is 11.7 Å². The maximum Gasteiger partial charge on any atom is 0.262 e. The van der Waals surface area contributed by atoms with Crippen molar-refractivity contribution >= 4 is 29.0 Å². The van der Waals surface area contributed by atoms with E-state index in [1.165, 1.54) is 4.57 Å². The Kier molecular flexibility index (Phi) is 4.78. The number of carbonyl (C=O) groups excluding carboxylic acids is 1. The van der Waals surface area contributed by atoms with E-state index in [0.717, 1.165) is 11.3 Å². The van der Waals surface area contributed by atoms with Crippen LogP contribution in [-0.2, 0) is 13.6 Å². The molecular weight excluding hydrogens is 350 g/mol. The van der Waals surface area contributed by atoms with Crippen molar-refractivity contribution < 1.29 is 4.79 Å². The van der Waals surface area contributed by atoms with Crippen molar-refractivity contribution in [1.29, 1.82) is 0 Å². The van der Waals surface area contributed by atoms with Crippen LogP contribution in [0.15, 0.2) is 29.2 Å². The summed E-state index contributed by atoms with van der Waals surface area (Å²) in [5.41, 5.74) is 2.83. The first-order valence-electron chi connectivity index (χ1n) is 8.39. The van der Waals surface area contributed by atoms with Crippen LogP contribution < -0.4 is 10.9 Å². The minimum Gasteiger partial charge on any atom is -0.345 e. The summed E-state index contributed by atoms with van der Waals surface area (Å²) in [6.07, 6.45) is 1.76. The zero-order valence-corrected chi connectivity index (χ0v) is 16.0. The number of hydrogen-bond acceptors (Lipinski definition) is 4. The van der Waals surface area contributed by atoms with Gasteiger partial charge in [-0.05, 0) is 51.2 Å². The van der Waals surface area contributed by atoms with Crippen molar-refractivity contribution in [2.45, 2.75) is 33.4 Å². The fourth-order valence-electron chi connectivity index (χ4n) is 2.98. The standard InChI is InChI=1S/C18H21N5O2S/c1-5-23-17(25)13-7-6-12(8-15(13)21-18(23)26)16(24)20-10(2)14-9-19-22(4)11(14)3/h6-10H,5H2,1-4H3,(H,20,24)(H,21,26)/t10-/m1/s1. The van der Waals surface area contributed by atoms with Crippen molar-refractivity contribution in [3.8, 4) is 0 Å². The fraction of sp³-hybridized carbons (Fsp3) is 0.333. The quantitative estimate of drug-likeness (QED) is 0.691. The number of fused-ring (bicyclic) bond motifs is 1. The van der Waals surface area contributed by atoms with Gasteiger partial charge in [-0.15, -0.1) is 0 Å². The number of rotatable bonds is 4. The van der Waals surface area contributed by atoms with E-state index >= 15 is 0 Å². The molecule has 0 spiro atoms. The summed E-state index contributed by atoms with van der Waals surface area (Å²) in [6.45, 7) is 6.23.